The van der Waals surface area contributed by atoms with Gasteiger partial charge in [0.05, 0.1) is 26.7 Å². The number of likely N-dealkylation sites (tertiary alicyclic amines) is 1. The van der Waals surface area contributed by atoms with E-state index >= 15 is 0 Å². The molecule has 170 valence electrons. The molecule has 0 aliphatic carbocycles. The highest BCUT2D eigenvalue weighted by molar-refractivity contribution is 8.13. The summed E-state index contributed by atoms with van der Waals surface area (Å²) in [4.78, 5) is 0. The van der Waals surface area contributed by atoms with Gasteiger partial charge in [-0.15, -0.1) is 0 Å². The summed E-state index contributed by atoms with van der Waals surface area (Å²) in [6, 6.07) is 0. The molecule has 6 nitrogen and oxygen atoms in total. The second-order valence-corrected chi connectivity index (χ2v) is 10.3. The highest BCUT2D eigenvalue weighted by Gasteiger charge is 2.46. The molecule has 1 rings (SSSR count). The van der Waals surface area contributed by atoms with Gasteiger partial charge in [-0.1, -0.05) is 26.2 Å². The summed E-state index contributed by atoms with van der Waals surface area (Å²) in [6.07, 6.45) is 10.1. The zero-order valence-corrected chi connectivity index (χ0v) is 17.3. The van der Waals surface area contributed by atoms with Gasteiger partial charge in [0.1, 0.15) is 0 Å². The van der Waals surface area contributed by atoms with Crippen LogP contribution in [0.25, 0.3) is 4.13 Å². The largest absolute Gasteiger partial charge is 0.480 e. The maximum Gasteiger partial charge on any atom is 0.480 e. The molecule has 1 aliphatic heterocycles. The molecule has 0 amide bonds. The first-order valence-electron chi connectivity index (χ1n) is 8.68. The first-order chi connectivity index (χ1) is 12.5. The third kappa shape index (κ3) is 9.27. The molecule has 0 aromatic rings. The Bertz CT molecular complexity index is 627. The number of hydrogen-bond acceptors (Lipinski definition) is 4. The molecule has 1 fully saturated rings. The molecule has 14 heteroatoms. The van der Waals surface area contributed by atoms with Crippen molar-refractivity contribution in [1.29, 1.82) is 0 Å². The number of nitrogens with zero attached hydrogens (tertiary/aromatic N) is 2. The van der Waals surface area contributed by atoms with E-state index in [0.29, 0.717) is 0 Å². The second kappa shape index (κ2) is 10.4. The quantitative estimate of drug-likeness (QED) is 0.305. The molecule has 0 N–H and O–H groups in total. The van der Waals surface area contributed by atoms with Gasteiger partial charge in [-0.05, 0) is 12.8 Å². The molecule has 0 aromatic heterocycles. The molecule has 0 radical (unpaired) electrons. The molecular weight excluding hydrogens is 438 g/mol. The van der Waals surface area contributed by atoms with Crippen molar-refractivity contribution in [3.63, 3.8) is 0 Å². The average Bonchev–Trinajstić information content (AvgIpc) is 2.91. The average molecular weight is 464 g/mol. The van der Waals surface area contributed by atoms with Crippen LogP contribution in [0.1, 0.15) is 51.9 Å². The number of rotatable bonds is 8. The van der Waals surface area contributed by atoms with E-state index in [0.717, 1.165) is 4.13 Å². The number of quaternary nitrogens is 1. The van der Waals surface area contributed by atoms with E-state index in [2.05, 4.69) is 14.0 Å². The number of alkyl halides is 6. The lowest BCUT2D eigenvalue weighted by Gasteiger charge is -2.29. The van der Waals surface area contributed by atoms with Crippen molar-refractivity contribution in [1.82, 2.24) is 0 Å². The van der Waals surface area contributed by atoms with Gasteiger partial charge in [0.25, 0.3) is 0 Å². The maximum atomic E-state index is 11.4. The summed E-state index contributed by atoms with van der Waals surface area (Å²) in [5.41, 5.74) is -12.4. The minimum atomic E-state index is -6.72. The summed E-state index contributed by atoms with van der Waals surface area (Å²) in [5, 5.41) is 0. The van der Waals surface area contributed by atoms with Crippen LogP contribution >= 0.6 is 0 Å². The Morgan fingerprint density at radius 3 is 1.54 bits per heavy atom. The Morgan fingerprint density at radius 2 is 1.18 bits per heavy atom. The topological polar surface area (TPSA) is 82.4 Å². The predicted octanol–water partition coefficient (Wildman–Crippen LogP) is 4.26. The van der Waals surface area contributed by atoms with Gasteiger partial charge in [-0.3, -0.25) is 0 Å². The van der Waals surface area contributed by atoms with E-state index in [1.165, 1.54) is 69.1 Å². The molecule has 28 heavy (non-hydrogen) atoms. The Kier molecular flexibility index (Phi) is 10.2. The van der Waals surface area contributed by atoms with Crippen LogP contribution in [-0.2, 0) is 20.0 Å². The summed E-state index contributed by atoms with van der Waals surface area (Å²) >= 11 is 0. The van der Waals surface area contributed by atoms with Crippen LogP contribution < -0.4 is 0 Å². The van der Waals surface area contributed by atoms with E-state index < -0.39 is 31.1 Å². The number of halogens is 6. The third-order valence-corrected chi connectivity index (χ3v) is 6.97. The van der Waals surface area contributed by atoms with Gasteiger partial charge in [-0.25, -0.2) is 16.8 Å². The van der Waals surface area contributed by atoms with Crippen LogP contribution in [0.4, 0.5) is 26.3 Å². The van der Waals surface area contributed by atoms with Gasteiger partial charge < -0.3 is 8.61 Å². The summed E-state index contributed by atoms with van der Waals surface area (Å²) < 4.78 is 111. The van der Waals surface area contributed by atoms with Crippen LogP contribution in [0.3, 0.4) is 0 Å². The zero-order valence-electron chi connectivity index (χ0n) is 15.7. The Hall–Kier alpha value is -0.600. The van der Waals surface area contributed by atoms with Crippen LogP contribution in [0, 0.1) is 0 Å². The first kappa shape index (κ1) is 27.4. The first-order valence-corrected chi connectivity index (χ1v) is 11.6. The molecular formula is C14H26F6N2O4S2. The number of sulfonamides is 2. The molecule has 1 heterocycles. The predicted molar refractivity (Wildman–Crippen MR) is 92.1 cm³/mol. The molecule has 0 spiro atoms. The van der Waals surface area contributed by atoms with E-state index in [1.54, 1.807) is 0 Å². The Morgan fingerprint density at radius 1 is 0.786 bits per heavy atom. The van der Waals surface area contributed by atoms with Crippen LogP contribution in [-0.4, -0.2) is 59.0 Å². The molecule has 0 saturated carbocycles. The number of unbranched alkanes of at least 4 members (excludes halogenated alkanes) is 4. The Balaban J connectivity index is 0.000000525. The van der Waals surface area contributed by atoms with Crippen molar-refractivity contribution in [2.24, 2.45) is 0 Å². The molecule has 0 aromatic carbocycles. The lowest BCUT2D eigenvalue weighted by Crippen LogP contribution is -2.41. The fraction of sp³-hybridized carbons (Fsp3) is 1.00. The monoisotopic (exact) mass is 464 g/mol. The highest BCUT2D eigenvalue weighted by Crippen LogP contribution is 2.36. The van der Waals surface area contributed by atoms with Gasteiger partial charge in [-0.2, -0.15) is 26.3 Å². The standard InChI is InChI=1S/C12H26N.C2F6NO4S2/c1-3-4-5-6-7-10-13(2)11-8-9-12-13;3-1(4,5)14(10,11)9-15(12,13)2(6,7)8/h3-12H2,1-2H3;/q+1;-1. The molecule has 1 saturated heterocycles. The number of hydrogen-bond donors (Lipinski definition) is 0. The van der Waals surface area contributed by atoms with Gasteiger partial charge in [0.15, 0.2) is 20.0 Å². The van der Waals surface area contributed by atoms with Gasteiger partial charge in [0.2, 0.25) is 0 Å². The third-order valence-electron chi connectivity index (χ3n) is 4.23. The minimum Gasteiger partial charge on any atom is -0.421 e. The summed E-state index contributed by atoms with van der Waals surface area (Å²) in [7, 11) is -11.0. The SMILES string of the molecule is CCCCCCC[N+]1(C)CCCC1.O=S(=O)([N-]S(=O)(=O)C(F)(F)F)C(F)(F)F. The Labute approximate surface area is 162 Å². The maximum absolute atomic E-state index is 11.4. The van der Waals surface area contributed by atoms with Crippen molar-refractivity contribution in [3.8, 4) is 0 Å². The van der Waals surface area contributed by atoms with Crippen molar-refractivity contribution in [2.75, 3.05) is 26.7 Å². The normalized spacial score (nSPS) is 17.9. The van der Waals surface area contributed by atoms with Gasteiger partial charge in [0, 0.05) is 12.8 Å². The lowest BCUT2D eigenvalue weighted by molar-refractivity contribution is -0.897. The minimum absolute atomic E-state index is 0.778. The molecule has 0 unspecified atom stereocenters. The van der Waals surface area contributed by atoms with Gasteiger partial charge >= 0.3 is 11.0 Å². The van der Waals surface area contributed by atoms with E-state index in [9.17, 15) is 43.2 Å². The van der Waals surface area contributed by atoms with Crippen LogP contribution in [0.15, 0.2) is 0 Å². The van der Waals surface area contributed by atoms with Crippen LogP contribution in [0.5, 0.6) is 0 Å². The second-order valence-electron chi connectivity index (χ2n) is 6.83. The van der Waals surface area contributed by atoms with Crippen molar-refractivity contribution >= 4 is 20.0 Å². The molecule has 0 atom stereocenters. The fourth-order valence-corrected chi connectivity index (χ4v) is 4.34. The molecule has 1 aliphatic rings. The summed E-state index contributed by atoms with van der Waals surface area (Å²) in [6.45, 7) is 6.60. The van der Waals surface area contributed by atoms with E-state index in [4.69, 9.17) is 0 Å². The van der Waals surface area contributed by atoms with Crippen molar-refractivity contribution < 1.29 is 47.7 Å². The van der Waals surface area contributed by atoms with E-state index in [-0.39, 0.29) is 0 Å². The smallest absolute Gasteiger partial charge is 0.421 e. The lowest BCUT2D eigenvalue weighted by atomic mass is 10.1. The summed E-state index contributed by atoms with van der Waals surface area (Å²) in [5.74, 6) is 0. The highest BCUT2D eigenvalue weighted by atomic mass is 32.3. The van der Waals surface area contributed by atoms with Crippen LogP contribution in [0.2, 0.25) is 0 Å². The fourth-order valence-electron chi connectivity index (χ4n) is 2.63. The zero-order chi connectivity index (χ0) is 22.3. The molecule has 0 bridgehead atoms. The van der Waals surface area contributed by atoms with Crippen molar-refractivity contribution in [3.05, 3.63) is 4.13 Å². The van der Waals surface area contributed by atoms with E-state index in [1.807, 2.05) is 0 Å². The van der Waals surface area contributed by atoms with Crippen molar-refractivity contribution in [2.45, 2.75) is 62.9 Å².